The lowest BCUT2D eigenvalue weighted by atomic mass is 10.1. The molecule has 1 fully saturated rings. The minimum atomic E-state index is -0.298. The molecule has 0 radical (unpaired) electrons. The first kappa shape index (κ1) is 17.9. The molecule has 2 aromatic heterocycles. The summed E-state index contributed by atoms with van der Waals surface area (Å²) in [6, 6.07) is 10.2. The fraction of sp³-hybridized carbons (Fsp3) is 0.350. The molecule has 0 saturated carbocycles. The van der Waals surface area contributed by atoms with Crippen molar-refractivity contribution in [1.29, 1.82) is 0 Å². The van der Waals surface area contributed by atoms with E-state index in [-0.39, 0.29) is 12.1 Å². The molecule has 0 bridgehead atoms. The third kappa shape index (κ3) is 3.40. The summed E-state index contributed by atoms with van der Waals surface area (Å²) in [5.41, 5.74) is 2.04. The standard InChI is InChI=1S/C20H21N3O3S/c1-3-25-20(24)17-13(2)16-18(21-12-22-19(16)27-17)23-9-10-26-15(11-23)14-7-5-4-6-8-14/h4-8,12,15H,3,9-11H2,1-2H3. The molecule has 1 saturated heterocycles. The molecule has 1 atom stereocenters. The van der Waals surface area contributed by atoms with Gasteiger partial charge in [0.2, 0.25) is 0 Å². The van der Waals surface area contributed by atoms with E-state index in [9.17, 15) is 4.79 Å². The molecule has 7 heteroatoms. The predicted octanol–water partition coefficient (Wildman–Crippen LogP) is 3.75. The number of thiophene rings is 1. The quantitative estimate of drug-likeness (QED) is 0.639. The van der Waals surface area contributed by atoms with Crippen molar-refractivity contribution in [1.82, 2.24) is 9.97 Å². The van der Waals surface area contributed by atoms with Crippen LogP contribution in [0.2, 0.25) is 0 Å². The number of carbonyl (C=O) groups excluding carboxylic acids is 1. The number of rotatable bonds is 4. The molecular weight excluding hydrogens is 362 g/mol. The van der Waals surface area contributed by atoms with Crippen molar-refractivity contribution in [3.05, 3.63) is 52.7 Å². The summed E-state index contributed by atoms with van der Waals surface area (Å²) in [5.74, 6) is 0.557. The van der Waals surface area contributed by atoms with Crippen LogP contribution in [0.15, 0.2) is 36.7 Å². The fourth-order valence-corrected chi connectivity index (χ4v) is 4.43. The molecular formula is C20H21N3O3S. The van der Waals surface area contributed by atoms with Gasteiger partial charge >= 0.3 is 5.97 Å². The predicted molar refractivity (Wildman–Crippen MR) is 105 cm³/mol. The van der Waals surface area contributed by atoms with Crippen LogP contribution in [0.5, 0.6) is 0 Å². The highest BCUT2D eigenvalue weighted by molar-refractivity contribution is 7.20. The maximum absolute atomic E-state index is 12.3. The van der Waals surface area contributed by atoms with Crippen LogP contribution in [0.4, 0.5) is 5.82 Å². The van der Waals surface area contributed by atoms with Crippen LogP contribution in [0.25, 0.3) is 10.2 Å². The van der Waals surface area contributed by atoms with Gasteiger partial charge in [0.25, 0.3) is 0 Å². The minimum absolute atomic E-state index is 0.00608. The Bertz CT molecular complexity index is 958. The summed E-state index contributed by atoms with van der Waals surface area (Å²) in [6.07, 6.45) is 1.56. The Morgan fingerprint density at radius 2 is 2.15 bits per heavy atom. The van der Waals surface area contributed by atoms with Gasteiger partial charge in [-0.3, -0.25) is 0 Å². The second-order valence-electron chi connectivity index (χ2n) is 6.37. The number of anilines is 1. The highest BCUT2D eigenvalue weighted by Crippen LogP contribution is 2.36. The third-order valence-electron chi connectivity index (χ3n) is 4.70. The molecule has 27 heavy (non-hydrogen) atoms. The van der Waals surface area contributed by atoms with E-state index in [0.717, 1.165) is 33.7 Å². The largest absolute Gasteiger partial charge is 0.462 e. The van der Waals surface area contributed by atoms with E-state index in [4.69, 9.17) is 9.47 Å². The van der Waals surface area contributed by atoms with Gasteiger partial charge in [-0.25, -0.2) is 14.8 Å². The Labute approximate surface area is 161 Å². The van der Waals surface area contributed by atoms with E-state index in [2.05, 4.69) is 27.0 Å². The number of aromatic nitrogens is 2. The van der Waals surface area contributed by atoms with Gasteiger partial charge in [-0.1, -0.05) is 30.3 Å². The molecule has 0 N–H and O–H groups in total. The number of esters is 1. The Balaban J connectivity index is 1.70. The Kier molecular flexibility index (Phi) is 5.05. The lowest BCUT2D eigenvalue weighted by molar-refractivity contribution is 0.0396. The smallest absolute Gasteiger partial charge is 0.348 e. The number of benzene rings is 1. The number of nitrogens with zero attached hydrogens (tertiary/aromatic N) is 3. The number of morpholine rings is 1. The highest BCUT2D eigenvalue weighted by atomic mass is 32.1. The molecule has 1 aliphatic heterocycles. The first-order chi connectivity index (χ1) is 13.2. The summed E-state index contributed by atoms with van der Waals surface area (Å²) < 4.78 is 11.2. The topological polar surface area (TPSA) is 64.5 Å². The number of aryl methyl sites for hydroxylation is 1. The van der Waals surface area contributed by atoms with Crippen molar-refractivity contribution in [3.63, 3.8) is 0 Å². The first-order valence-electron chi connectivity index (χ1n) is 9.01. The molecule has 1 aromatic carbocycles. The molecule has 140 valence electrons. The van der Waals surface area contributed by atoms with Crippen molar-refractivity contribution in [2.45, 2.75) is 20.0 Å². The average molecular weight is 383 g/mol. The van der Waals surface area contributed by atoms with Gasteiger partial charge in [0, 0.05) is 13.1 Å². The van der Waals surface area contributed by atoms with E-state index < -0.39 is 0 Å². The first-order valence-corrected chi connectivity index (χ1v) is 9.83. The van der Waals surface area contributed by atoms with Crippen LogP contribution in [0, 0.1) is 6.92 Å². The fourth-order valence-electron chi connectivity index (χ4n) is 3.40. The molecule has 1 unspecified atom stereocenters. The van der Waals surface area contributed by atoms with Crippen LogP contribution in [0.1, 0.15) is 33.8 Å². The van der Waals surface area contributed by atoms with Gasteiger partial charge in [-0.15, -0.1) is 11.3 Å². The third-order valence-corrected chi connectivity index (χ3v) is 5.88. The minimum Gasteiger partial charge on any atom is -0.462 e. The zero-order valence-electron chi connectivity index (χ0n) is 15.3. The Morgan fingerprint density at radius 3 is 2.93 bits per heavy atom. The molecule has 1 aliphatic rings. The van der Waals surface area contributed by atoms with Crippen molar-refractivity contribution in [3.8, 4) is 0 Å². The summed E-state index contributed by atoms with van der Waals surface area (Å²) in [4.78, 5) is 24.8. The summed E-state index contributed by atoms with van der Waals surface area (Å²) in [5, 5.41) is 0.930. The maximum Gasteiger partial charge on any atom is 0.348 e. The van der Waals surface area contributed by atoms with Gasteiger partial charge in [0.05, 0.1) is 18.6 Å². The zero-order chi connectivity index (χ0) is 18.8. The van der Waals surface area contributed by atoms with Gasteiger partial charge in [-0.2, -0.15) is 0 Å². The van der Waals surface area contributed by atoms with Crippen LogP contribution in [-0.4, -0.2) is 42.2 Å². The van der Waals surface area contributed by atoms with E-state index >= 15 is 0 Å². The highest BCUT2D eigenvalue weighted by Gasteiger charge is 2.27. The van der Waals surface area contributed by atoms with Gasteiger partial charge in [-0.05, 0) is 25.0 Å². The summed E-state index contributed by atoms with van der Waals surface area (Å²) in [7, 11) is 0. The van der Waals surface area contributed by atoms with E-state index in [1.807, 2.05) is 32.0 Å². The van der Waals surface area contributed by atoms with Gasteiger partial charge < -0.3 is 14.4 Å². The Hall–Kier alpha value is -2.51. The van der Waals surface area contributed by atoms with Crippen molar-refractivity contribution in [2.75, 3.05) is 31.2 Å². The Morgan fingerprint density at radius 1 is 1.33 bits per heavy atom. The van der Waals surface area contributed by atoms with Crippen molar-refractivity contribution < 1.29 is 14.3 Å². The molecule has 4 rings (SSSR count). The summed E-state index contributed by atoms with van der Waals surface area (Å²) in [6.45, 7) is 6.18. The average Bonchev–Trinajstić information content (AvgIpc) is 3.06. The number of hydrogen-bond donors (Lipinski definition) is 0. The summed E-state index contributed by atoms with van der Waals surface area (Å²) >= 11 is 1.36. The maximum atomic E-state index is 12.3. The molecule has 3 aromatic rings. The lowest BCUT2D eigenvalue weighted by Crippen LogP contribution is -2.39. The molecule has 6 nitrogen and oxygen atoms in total. The van der Waals surface area contributed by atoms with E-state index in [1.165, 1.54) is 11.3 Å². The number of ether oxygens (including phenoxy) is 2. The monoisotopic (exact) mass is 383 g/mol. The number of fused-ring (bicyclic) bond motifs is 1. The van der Waals surface area contributed by atoms with E-state index in [1.54, 1.807) is 6.33 Å². The number of hydrogen-bond acceptors (Lipinski definition) is 7. The SMILES string of the molecule is CCOC(=O)c1sc2ncnc(N3CCOC(c4ccccc4)C3)c2c1C. The van der Waals surface area contributed by atoms with Crippen molar-refractivity contribution >= 4 is 33.3 Å². The van der Waals surface area contributed by atoms with Crippen LogP contribution in [0.3, 0.4) is 0 Å². The van der Waals surface area contributed by atoms with Crippen LogP contribution in [-0.2, 0) is 9.47 Å². The number of carbonyl (C=O) groups is 1. The second-order valence-corrected chi connectivity index (χ2v) is 7.37. The van der Waals surface area contributed by atoms with E-state index in [0.29, 0.717) is 24.6 Å². The van der Waals surface area contributed by atoms with Crippen LogP contribution < -0.4 is 4.90 Å². The second kappa shape index (κ2) is 7.62. The van der Waals surface area contributed by atoms with Crippen molar-refractivity contribution in [2.24, 2.45) is 0 Å². The van der Waals surface area contributed by atoms with Gasteiger partial charge in [0.1, 0.15) is 28.0 Å². The molecule has 0 amide bonds. The normalized spacial score (nSPS) is 17.3. The van der Waals surface area contributed by atoms with Crippen LogP contribution >= 0.6 is 11.3 Å². The molecule has 0 aliphatic carbocycles. The molecule has 3 heterocycles. The zero-order valence-corrected chi connectivity index (χ0v) is 16.2. The molecule has 0 spiro atoms. The lowest BCUT2D eigenvalue weighted by Gasteiger charge is -2.34. The van der Waals surface area contributed by atoms with Gasteiger partial charge in [0.15, 0.2) is 0 Å².